The molecule has 0 aliphatic carbocycles. The third-order valence-corrected chi connectivity index (χ3v) is 13.4. The largest absolute Gasteiger partial charge is 0.394 e. The van der Waals surface area contributed by atoms with E-state index in [1.807, 2.05) is 0 Å². The van der Waals surface area contributed by atoms with Gasteiger partial charge >= 0.3 is 0 Å². The second-order valence-electron chi connectivity index (χ2n) is 19.7. The van der Waals surface area contributed by atoms with E-state index in [2.05, 4.69) is 104 Å². The van der Waals surface area contributed by atoms with Crippen LogP contribution in [-0.4, -0.2) is 140 Å². The third-order valence-electron chi connectivity index (χ3n) is 13.4. The number of allylic oxidation sites excluding steroid dienone is 14. The first-order chi connectivity index (χ1) is 35.6. The number of nitrogens with one attached hydrogen (secondary N) is 1. The first-order valence-corrected chi connectivity index (χ1v) is 28.3. The van der Waals surface area contributed by atoms with Crippen LogP contribution in [0.15, 0.2) is 85.1 Å². The fraction of sp³-hybridized carbons (Fsp3) is 0.746. The molecule has 9 N–H and O–H groups in total. The van der Waals surface area contributed by atoms with Gasteiger partial charge in [0.25, 0.3) is 0 Å². The number of aliphatic hydroxyl groups excluding tert-OH is 8. The van der Waals surface area contributed by atoms with Crippen LogP contribution < -0.4 is 5.32 Å². The Morgan fingerprint density at radius 1 is 0.507 bits per heavy atom. The monoisotopic (exact) mass is 1030 g/mol. The molecule has 12 atom stereocenters. The van der Waals surface area contributed by atoms with E-state index in [-0.39, 0.29) is 12.5 Å². The van der Waals surface area contributed by atoms with Crippen LogP contribution in [0, 0.1) is 0 Å². The van der Waals surface area contributed by atoms with Gasteiger partial charge in [-0.1, -0.05) is 195 Å². The summed E-state index contributed by atoms with van der Waals surface area (Å²) in [6.45, 7) is 2.68. The third kappa shape index (κ3) is 30.5. The fourth-order valence-corrected chi connectivity index (χ4v) is 8.80. The van der Waals surface area contributed by atoms with E-state index < -0.39 is 86.8 Å². The van der Waals surface area contributed by atoms with E-state index in [9.17, 15) is 45.6 Å². The predicted molar refractivity (Wildman–Crippen MR) is 290 cm³/mol. The van der Waals surface area contributed by atoms with Gasteiger partial charge in [-0.3, -0.25) is 4.79 Å². The van der Waals surface area contributed by atoms with Crippen molar-refractivity contribution < 1.29 is 64.6 Å². The van der Waals surface area contributed by atoms with Gasteiger partial charge in [0.1, 0.15) is 48.8 Å². The molecular weight excluding hydrogens is 931 g/mol. The minimum Gasteiger partial charge on any atom is -0.394 e. The van der Waals surface area contributed by atoms with E-state index in [4.69, 9.17) is 18.9 Å². The maximum Gasteiger partial charge on any atom is 0.220 e. The Kier molecular flexibility index (Phi) is 40.2. The van der Waals surface area contributed by atoms with Crippen molar-refractivity contribution in [2.45, 2.75) is 261 Å². The summed E-state index contributed by atoms with van der Waals surface area (Å²) in [7, 11) is 0. The summed E-state index contributed by atoms with van der Waals surface area (Å²) in [5.74, 6) is -0.221. The molecule has 0 bridgehead atoms. The first-order valence-electron chi connectivity index (χ1n) is 28.3. The fourth-order valence-electron chi connectivity index (χ4n) is 8.80. The van der Waals surface area contributed by atoms with Crippen molar-refractivity contribution in [3.8, 4) is 0 Å². The molecular formula is C59H101NO13. The second kappa shape index (κ2) is 44.3. The van der Waals surface area contributed by atoms with Crippen molar-refractivity contribution >= 4 is 5.91 Å². The summed E-state index contributed by atoms with van der Waals surface area (Å²) >= 11 is 0. The van der Waals surface area contributed by atoms with Gasteiger partial charge in [0.15, 0.2) is 12.6 Å². The van der Waals surface area contributed by atoms with Crippen molar-refractivity contribution in [1.82, 2.24) is 5.32 Å². The average molecular weight is 1030 g/mol. The van der Waals surface area contributed by atoms with Crippen LogP contribution in [-0.2, 0) is 23.7 Å². The van der Waals surface area contributed by atoms with Crippen molar-refractivity contribution in [1.29, 1.82) is 0 Å². The smallest absolute Gasteiger partial charge is 0.220 e. The van der Waals surface area contributed by atoms with Crippen LogP contribution in [0.4, 0.5) is 0 Å². The second-order valence-corrected chi connectivity index (χ2v) is 19.7. The topological polar surface area (TPSA) is 228 Å². The van der Waals surface area contributed by atoms with Crippen molar-refractivity contribution in [2.75, 3.05) is 19.8 Å². The Labute approximate surface area is 440 Å². The molecule has 0 aromatic carbocycles. The number of hydrogen-bond acceptors (Lipinski definition) is 13. The Bertz CT molecular complexity index is 1550. The normalized spacial score (nSPS) is 26.1. The lowest BCUT2D eigenvalue weighted by Gasteiger charge is -2.46. The highest BCUT2D eigenvalue weighted by Gasteiger charge is 2.51. The van der Waals surface area contributed by atoms with E-state index in [0.29, 0.717) is 19.3 Å². The molecule has 2 aliphatic rings. The summed E-state index contributed by atoms with van der Waals surface area (Å²) in [4.78, 5) is 13.2. The van der Waals surface area contributed by atoms with Crippen molar-refractivity contribution in [2.24, 2.45) is 0 Å². The zero-order valence-electron chi connectivity index (χ0n) is 44.8. The van der Waals surface area contributed by atoms with E-state index in [1.165, 1.54) is 57.8 Å². The van der Waals surface area contributed by atoms with Crippen molar-refractivity contribution in [3.63, 3.8) is 0 Å². The van der Waals surface area contributed by atoms with Gasteiger partial charge in [0.2, 0.25) is 5.91 Å². The van der Waals surface area contributed by atoms with Crippen LogP contribution in [0.2, 0.25) is 0 Å². The van der Waals surface area contributed by atoms with Crippen LogP contribution >= 0.6 is 0 Å². The summed E-state index contributed by atoms with van der Waals surface area (Å²) in [6.07, 6.45) is 41.8. The molecule has 0 radical (unpaired) electrons. The molecule has 14 nitrogen and oxygen atoms in total. The van der Waals surface area contributed by atoms with Crippen LogP contribution in [0.5, 0.6) is 0 Å². The van der Waals surface area contributed by atoms with Gasteiger partial charge in [0.05, 0.1) is 32.0 Å². The lowest BCUT2D eigenvalue weighted by molar-refractivity contribution is -0.359. The highest BCUT2D eigenvalue weighted by atomic mass is 16.7. The number of carbonyl (C=O) groups excluding carboxylic acids is 1. The molecule has 420 valence electrons. The standard InChI is InChI=1S/C59H101NO13/c1-3-5-7-9-11-13-14-15-16-17-18-19-20-21-22-23-24-25-26-27-28-29-30-31-32-33-34-35-37-39-41-43-51(64)60-47(48(63)42-40-38-36-12-10-8-6-4-2)46-70-58-56(69)54(67)57(50(45-62)72-58)73-59-55(68)53(66)52(65)49(44-61)71-59/h5,7,11,13,15-16,18-19,21-22,24-25,27-28,47-50,52-59,61-63,65-69H,3-4,6,8-10,12,14,17,20,23,26,29-46H2,1-2H3,(H,60,64)/b7-5-,13-11-,16-15-,19-18-,22-21-,25-24-,28-27-. The number of carbonyl (C=O) groups is 1. The molecule has 14 heteroatoms. The number of hydrogen-bond donors (Lipinski definition) is 9. The molecule has 2 aliphatic heterocycles. The van der Waals surface area contributed by atoms with E-state index >= 15 is 0 Å². The molecule has 1 amide bonds. The van der Waals surface area contributed by atoms with Gasteiger partial charge in [0, 0.05) is 6.42 Å². The first kappa shape index (κ1) is 66.3. The van der Waals surface area contributed by atoms with E-state index in [1.54, 1.807) is 0 Å². The summed E-state index contributed by atoms with van der Waals surface area (Å²) < 4.78 is 22.7. The lowest BCUT2D eigenvalue weighted by atomic mass is 9.97. The molecule has 2 fully saturated rings. The molecule has 12 unspecified atom stereocenters. The molecule has 2 saturated heterocycles. The number of aliphatic hydroxyl groups is 8. The number of rotatable bonds is 43. The van der Waals surface area contributed by atoms with Gasteiger partial charge in [-0.2, -0.15) is 0 Å². The highest BCUT2D eigenvalue weighted by molar-refractivity contribution is 5.76. The summed E-state index contributed by atoms with van der Waals surface area (Å²) in [6, 6.07) is -0.835. The van der Waals surface area contributed by atoms with Gasteiger partial charge in [-0.25, -0.2) is 0 Å². The van der Waals surface area contributed by atoms with Gasteiger partial charge < -0.3 is 65.1 Å². The quantitative estimate of drug-likeness (QED) is 0.0206. The van der Waals surface area contributed by atoms with Crippen LogP contribution in [0.1, 0.15) is 187 Å². The minimum absolute atomic E-state index is 0.221. The molecule has 0 saturated carbocycles. The summed E-state index contributed by atoms with van der Waals surface area (Å²) in [5.41, 5.74) is 0. The lowest BCUT2D eigenvalue weighted by Crippen LogP contribution is -2.65. The maximum absolute atomic E-state index is 13.2. The predicted octanol–water partition coefficient (Wildman–Crippen LogP) is 8.94. The molecule has 0 aromatic rings. The summed E-state index contributed by atoms with van der Waals surface area (Å²) in [5, 5.41) is 86.8. The number of ether oxygens (including phenoxy) is 4. The zero-order chi connectivity index (χ0) is 53.2. The Hall–Kier alpha value is -2.83. The Balaban J connectivity index is 1.65. The number of amides is 1. The van der Waals surface area contributed by atoms with Gasteiger partial charge in [-0.15, -0.1) is 0 Å². The molecule has 73 heavy (non-hydrogen) atoms. The molecule has 0 spiro atoms. The average Bonchev–Trinajstić information content (AvgIpc) is 3.39. The minimum atomic E-state index is -1.78. The Morgan fingerprint density at radius 3 is 1.45 bits per heavy atom. The molecule has 2 rings (SSSR count). The maximum atomic E-state index is 13.2. The molecule has 2 heterocycles. The van der Waals surface area contributed by atoms with Crippen molar-refractivity contribution in [3.05, 3.63) is 85.1 Å². The van der Waals surface area contributed by atoms with Crippen LogP contribution in [0.3, 0.4) is 0 Å². The van der Waals surface area contributed by atoms with E-state index in [0.717, 1.165) is 96.3 Å². The Morgan fingerprint density at radius 2 is 0.945 bits per heavy atom. The van der Waals surface area contributed by atoms with Gasteiger partial charge in [-0.05, 0) is 70.6 Å². The SMILES string of the molecule is CC/C=C\C/C=C\C/C=C\C/C=C\C/C=C\C/C=C\C/C=C\CCCCCCCCCCCC(=O)NC(COC1OC(CO)C(OC2OC(CO)C(O)C(O)C2O)C(O)C1O)C(O)CCCCCCCCCC. The number of unbranched alkanes of at least 4 members (excludes halogenated alkanes) is 16. The highest BCUT2D eigenvalue weighted by Crippen LogP contribution is 2.30. The van der Waals surface area contributed by atoms with Crippen LogP contribution in [0.25, 0.3) is 0 Å². The molecule has 0 aromatic heterocycles. The zero-order valence-corrected chi connectivity index (χ0v) is 44.8.